The fourth-order valence-corrected chi connectivity index (χ4v) is 2.48. The second-order valence-corrected chi connectivity index (χ2v) is 5.67. The molecule has 0 aliphatic rings. The monoisotopic (exact) mass is 368 g/mol. The molecule has 0 aliphatic heterocycles. The third-order valence-corrected chi connectivity index (χ3v) is 3.71. The van der Waals surface area contributed by atoms with Crippen LogP contribution in [0.15, 0.2) is 53.6 Å². The van der Waals surface area contributed by atoms with E-state index in [1.54, 1.807) is 24.4 Å². The number of aromatic nitrogens is 3. The lowest BCUT2D eigenvalue weighted by Crippen LogP contribution is -2.03. The molecule has 8 heteroatoms. The second kappa shape index (κ2) is 7.75. The smallest absolute Gasteiger partial charge is 0.308 e. The zero-order valence-corrected chi connectivity index (χ0v) is 15.0. The maximum Gasteiger partial charge on any atom is 0.308 e. The van der Waals surface area contributed by atoms with Gasteiger partial charge in [0.05, 0.1) is 13.3 Å². The highest BCUT2D eigenvalue weighted by Gasteiger charge is 2.09. The van der Waals surface area contributed by atoms with Crippen LogP contribution in [0.5, 0.6) is 11.5 Å². The molecule has 3 aromatic rings. The Balaban J connectivity index is 1.93. The largest absolute Gasteiger partial charge is 0.493 e. The molecule has 0 spiro atoms. The Morgan fingerprint density at radius 2 is 2.00 bits per heavy atom. The second-order valence-electron chi connectivity index (χ2n) is 5.28. The summed E-state index contributed by atoms with van der Waals surface area (Å²) >= 11 is 5.25. The van der Waals surface area contributed by atoms with Gasteiger partial charge in [0.2, 0.25) is 4.77 Å². The zero-order valence-electron chi connectivity index (χ0n) is 14.2. The number of carbonyl (C=O) groups excluding carboxylic acids is 1. The van der Waals surface area contributed by atoms with Crippen LogP contribution >= 0.6 is 12.2 Å². The summed E-state index contributed by atoms with van der Waals surface area (Å²) in [6.45, 7) is 1.33. The van der Waals surface area contributed by atoms with Gasteiger partial charge in [-0.05, 0) is 36.0 Å². The van der Waals surface area contributed by atoms with Crippen molar-refractivity contribution in [1.82, 2.24) is 14.9 Å². The number of nitrogens with one attached hydrogen (secondary N) is 1. The first kappa shape index (κ1) is 17.6. The van der Waals surface area contributed by atoms with Gasteiger partial charge in [-0.3, -0.25) is 4.79 Å². The molecule has 26 heavy (non-hydrogen) atoms. The first-order chi connectivity index (χ1) is 12.6. The van der Waals surface area contributed by atoms with Crippen LogP contribution in [-0.2, 0) is 4.79 Å². The van der Waals surface area contributed by atoms with Gasteiger partial charge in [-0.25, -0.2) is 5.10 Å². The molecular formula is C18H16N4O3S. The van der Waals surface area contributed by atoms with Crippen molar-refractivity contribution in [3.63, 3.8) is 0 Å². The van der Waals surface area contributed by atoms with Crippen molar-refractivity contribution in [1.29, 1.82) is 0 Å². The van der Waals surface area contributed by atoms with Gasteiger partial charge in [0.15, 0.2) is 17.3 Å². The Bertz CT molecular complexity index is 1010. The van der Waals surface area contributed by atoms with Crippen molar-refractivity contribution < 1.29 is 14.3 Å². The van der Waals surface area contributed by atoms with Crippen LogP contribution < -0.4 is 9.47 Å². The molecular weight excluding hydrogens is 352 g/mol. The predicted molar refractivity (Wildman–Crippen MR) is 100 cm³/mol. The van der Waals surface area contributed by atoms with E-state index in [0.717, 1.165) is 11.1 Å². The minimum absolute atomic E-state index is 0.349. The Hall–Kier alpha value is -3.26. The Labute approximate surface area is 154 Å². The van der Waals surface area contributed by atoms with Gasteiger partial charge in [-0.2, -0.15) is 14.9 Å². The maximum atomic E-state index is 11.1. The fraction of sp³-hybridized carbons (Fsp3) is 0.111. The summed E-state index contributed by atoms with van der Waals surface area (Å²) in [4.78, 5) is 11.1. The molecule has 2 aromatic carbocycles. The summed E-state index contributed by atoms with van der Waals surface area (Å²) in [5.41, 5.74) is 1.64. The van der Waals surface area contributed by atoms with Crippen molar-refractivity contribution in [3.8, 4) is 22.9 Å². The zero-order chi connectivity index (χ0) is 18.5. The maximum absolute atomic E-state index is 11.1. The summed E-state index contributed by atoms with van der Waals surface area (Å²) in [7, 11) is 1.50. The number of aromatic amines is 1. The Morgan fingerprint density at radius 1 is 1.23 bits per heavy atom. The summed E-state index contributed by atoms with van der Waals surface area (Å²) in [6.07, 6.45) is 1.62. The van der Waals surface area contributed by atoms with Crippen molar-refractivity contribution in [2.45, 2.75) is 6.92 Å². The summed E-state index contributed by atoms with van der Waals surface area (Å²) in [6, 6.07) is 14.7. The first-order valence-corrected chi connectivity index (χ1v) is 8.13. The molecule has 0 aliphatic carbocycles. The van der Waals surface area contributed by atoms with E-state index < -0.39 is 5.97 Å². The molecule has 132 valence electrons. The molecule has 1 heterocycles. The van der Waals surface area contributed by atoms with Crippen LogP contribution in [0.4, 0.5) is 0 Å². The van der Waals surface area contributed by atoms with Crippen LogP contribution in [-0.4, -0.2) is 34.2 Å². The summed E-state index contributed by atoms with van der Waals surface area (Å²) in [5.74, 6) is 0.975. The highest BCUT2D eigenvalue weighted by atomic mass is 32.1. The van der Waals surface area contributed by atoms with E-state index in [2.05, 4.69) is 15.3 Å². The molecule has 0 bridgehead atoms. The molecule has 1 aromatic heterocycles. The van der Waals surface area contributed by atoms with E-state index in [1.807, 2.05) is 30.3 Å². The lowest BCUT2D eigenvalue weighted by atomic mass is 10.2. The molecule has 7 nitrogen and oxygen atoms in total. The summed E-state index contributed by atoms with van der Waals surface area (Å²) in [5, 5.41) is 11.4. The van der Waals surface area contributed by atoms with Gasteiger partial charge in [0, 0.05) is 12.5 Å². The number of hydrogen-bond donors (Lipinski definition) is 1. The number of esters is 1. The number of ether oxygens (including phenoxy) is 2. The van der Waals surface area contributed by atoms with Crippen LogP contribution in [0.1, 0.15) is 12.5 Å². The van der Waals surface area contributed by atoms with Crippen molar-refractivity contribution in [2.75, 3.05) is 7.11 Å². The molecule has 0 fully saturated rings. The molecule has 0 radical (unpaired) electrons. The highest BCUT2D eigenvalue weighted by molar-refractivity contribution is 7.71. The minimum atomic E-state index is -0.415. The third-order valence-electron chi connectivity index (χ3n) is 3.45. The van der Waals surface area contributed by atoms with Gasteiger partial charge >= 0.3 is 5.97 Å². The standard InChI is InChI=1S/C18H16N4O3S/c1-12(23)25-15-9-8-13(10-16(15)24-2)11-19-22-17(20-21-18(22)26)14-6-4-3-5-7-14/h3-11H,1-2H3,(H,21,26)/b19-11+. The molecule has 0 atom stereocenters. The molecule has 3 rings (SSSR count). The number of methoxy groups -OCH3 is 1. The minimum Gasteiger partial charge on any atom is -0.493 e. The highest BCUT2D eigenvalue weighted by Crippen LogP contribution is 2.27. The van der Waals surface area contributed by atoms with Gasteiger partial charge in [-0.1, -0.05) is 30.3 Å². The molecule has 1 N–H and O–H groups in total. The SMILES string of the molecule is COc1cc(/C=N/n2c(-c3ccccc3)n[nH]c2=S)ccc1OC(C)=O. The van der Waals surface area contributed by atoms with Crippen LogP contribution in [0.25, 0.3) is 11.4 Å². The number of rotatable bonds is 5. The number of nitrogens with zero attached hydrogens (tertiary/aromatic N) is 3. The lowest BCUT2D eigenvalue weighted by Gasteiger charge is -2.08. The van der Waals surface area contributed by atoms with Crippen LogP contribution in [0, 0.1) is 4.77 Å². The topological polar surface area (TPSA) is 81.5 Å². The quantitative estimate of drug-likeness (QED) is 0.323. The van der Waals surface area contributed by atoms with Crippen LogP contribution in [0.2, 0.25) is 0 Å². The number of hydrogen-bond acceptors (Lipinski definition) is 6. The van der Waals surface area contributed by atoms with E-state index in [1.165, 1.54) is 18.7 Å². The third kappa shape index (κ3) is 3.86. The van der Waals surface area contributed by atoms with Crippen molar-refractivity contribution >= 4 is 24.4 Å². The first-order valence-electron chi connectivity index (χ1n) is 7.72. The fourth-order valence-electron chi connectivity index (χ4n) is 2.30. The molecule has 0 unspecified atom stereocenters. The van der Waals surface area contributed by atoms with E-state index >= 15 is 0 Å². The lowest BCUT2D eigenvalue weighted by molar-refractivity contribution is -0.132. The summed E-state index contributed by atoms with van der Waals surface area (Å²) < 4.78 is 12.3. The number of carbonyl (C=O) groups is 1. The van der Waals surface area contributed by atoms with E-state index in [4.69, 9.17) is 21.7 Å². The van der Waals surface area contributed by atoms with Crippen molar-refractivity contribution in [2.24, 2.45) is 5.10 Å². The Kier molecular flexibility index (Phi) is 5.23. The average molecular weight is 368 g/mol. The van der Waals surface area contributed by atoms with E-state index in [-0.39, 0.29) is 0 Å². The number of H-pyrrole nitrogens is 1. The van der Waals surface area contributed by atoms with Gasteiger partial charge in [0.25, 0.3) is 0 Å². The van der Waals surface area contributed by atoms with Gasteiger partial charge in [-0.15, -0.1) is 0 Å². The van der Waals surface area contributed by atoms with E-state index in [9.17, 15) is 4.79 Å². The molecule has 0 amide bonds. The average Bonchev–Trinajstić information content (AvgIpc) is 3.01. The normalized spacial score (nSPS) is 10.8. The van der Waals surface area contributed by atoms with Gasteiger partial charge < -0.3 is 9.47 Å². The van der Waals surface area contributed by atoms with Crippen LogP contribution in [0.3, 0.4) is 0 Å². The van der Waals surface area contributed by atoms with Gasteiger partial charge in [0.1, 0.15) is 0 Å². The predicted octanol–water partition coefficient (Wildman–Crippen LogP) is 3.42. The van der Waals surface area contributed by atoms with E-state index in [0.29, 0.717) is 22.1 Å². The van der Waals surface area contributed by atoms with Crippen molar-refractivity contribution in [3.05, 3.63) is 58.9 Å². The number of benzene rings is 2. The Morgan fingerprint density at radius 3 is 2.69 bits per heavy atom. The molecule has 0 saturated heterocycles. The molecule has 0 saturated carbocycles.